The molecule has 0 saturated heterocycles. The lowest BCUT2D eigenvalue weighted by molar-refractivity contribution is 0.0977. The third-order valence-electron chi connectivity index (χ3n) is 2.83. The standard InChI is InChI=1S/C15H11Br2FN2O2S/c16-10-5-9(14(21)20-15(19)23)6-11(17)13(10)22-7-8-3-1-2-4-12(8)18/h1-6H,7H2,(H3,19,20,21,23). The lowest BCUT2D eigenvalue weighted by atomic mass is 10.2. The van der Waals surface area contributed by atoms with Gasteiger partial charge in [-0.3, -0.25) is 10.1 Å². The number of nitrogens with two attached hydrogens (primary N) is 1. The molecule has 0 aliphatic carbocycles. The highest BCUT2D eigenvalue weighted by atomic mass is 79.9. The summed E-state index contributed by atoms with van der Waals surface area (Å²) in [5.74, 6) is -0.313. The van der Waals surface area contributed by atoms with E-state index in [1.165, 1.54) is 6.07 Å². The van der Waals surface area contributed by atoms with Crippen LogP contribution in [0.3, 0.4) is 0 Å². The molecule has 0 aromatic heterocycles. The highest BCUT2D eigenvalue weighted by Gasteiger charge is 2.14. The average molecular weight is 462 g/mol. The molecule has 0 fully saturated rings. The van der Waals surface area contributed by atoms with Gasteiger partial charge in [-0.1, -0.05) is 18.2 Å². The molecule has 8 heteroatoms. The second-order valence-corrected chi connectivity index (χ2v) is 6.62. The largest absolute Gasteiger partial charge is 0.486 e. The molecule has 0 bridgehead atoms. The minimum atomic E-state index is -0.431. The highest BCUT2D eigenvalue weighted by molar-refractivity contribution is 9.11. The molecule has 23 heavy (non-hydrogen) atoms. The van der Waals surface area contributed by atoms with Crippen molar-refractivity contribution in [3.8, 4) is 5.75 Å². The molecule has 2 aromatic rings. The van der Waals surface area contributed by atoms with E-state index >= 15 is 0 Å². The number of hydrogen-bond donors (Lipinski definition) is 2. The van der Waals surface area contributed by atoms with E-state index < -0.39 is 5.91 Å². The van der Waals surface area contributed by atoms with E-state index in [4.69, 9.17) is 10.5 Å². The van der Waals surface area contributed by atoms with Crippen molar-refractivity contribution in [2.24, 2.45) is 5.73 Å². The lowest BCUT2D eigenvalue weighted by Gasteiger charge is -2.12. The number of carbonyl (C=O) groups is 1. The fraction of sp³-hybridized carbons (Fsp3) is 0.0667. The summed E-state index contributed by atoms with van der Waals surface area (Å²) in [4.78, 5) is 11.9. The van der Waals surface area contributed by atoms with Gasteiger partial charge in [-0.05, 0) is 62.3 Å². The predicted octanol–water partition coefficient (Wildman–Crippen LogP) is 3.90. The van der Waals surface area contributed by atoms with Crippen LogP contribution in [0.4, 0.5) is 4.39 Å². The van der Waals surface area contributed by atoms with Crippen LogP contribution >= 0.6 is 44.1 Å². The van der Waals surface area contributed by atoms with E-state index in [1.54, 1.807) is 30.3 Å². The number of thiocarbonyl (C=S) groups is 1. The molecule has 2 aromatic carbocycles. The number of halogens is 3. The van der Waals surface area contributed by atoms with Crippen molar-refractivity contribution in [1.82, 2.24) is 5.32 Å². The van der Waals surface area contributed by atoms with Crippen molar-refractivity contribution in [2.75, 3.05) is 0 Å². The smallest absolute Gasteiger partial charge is 0.257 e. The molecule has 1 amide bonds. The molecule has 0 aliphatic heterocycles. The Hall–Kier alpha value is -1.51. The van der Waals surface area contributed by atoms with Gasteiger partial charge in [-0.2, -0.15) is 0 Å². The van der Waals surface area contributed by atoms with E-state index in [1.807, 2.05) is 0 Å². The first kappa shape index (κ1) is 17.8. The molecule has 0 aliphatic rings. The molecule has 2 rings (SSSR count). The molecule has 3 N–H and O–H groups in total. The van der Waals surface area contributed by atoms with Gasteiger partial charge in [0.2, 0.25) is 0 Å². The van der Waals surface area contributed by atoms with Crippen LogP contribution in [-0.2, 0) is 6.61 Å². The summed E-state index contributed by atoms with van der Waals surface area (Å²) in [6.07, 6.45) is 0. The Labute approximate surface area is 154 Å². The number of carbonyl (C=O) groups excluding carboxylic acids is 1. The second-order valence-electron chi connectivity index (χ2n) is 4.47. The van der Waals surface area contributed by atoms with Crippen molar-refractivity contribution < 1.29 is 13.9 Å². The Morgan fingerprint density at radius 1 is 1.26 bits per heavy atom. The minimum Gasteiger partial charge on any atom is -0.486 e. The molecular formula is C15H11Br2FN2O2S. The van der Waals surface area contributed by atoms with Crippen LogP contribution in [-0.4, -0.2) is 11.0 Å². The Kier molecular flexibility index (Phi) is 6.09. The number of amides is 1. The van der Waals surface area contributed by atoms with E-state index in [0.29, 0.717) is 25.8 Å². The molecule has 0 atom stereocenters. The fourth-order valence-electron chi connectivity index (χ4n) is 1.78. The summed E-state index contributed by atoms with van der Waals surface area (Å²) in [5, 5.41) is 2.23. The summed E-state index contributed by atoms with van der Waals surface area (Å²) in [5.41, 5.74) is 6.05. The summed E-state index contributed by atoms with van der Waals surface area (Å²) < 4.78 is 20.3. The van der Waals surface area contributed by atoms with E-state index in [-0.39, 0.29) is 17.5 Å². The topological polar surface area (TPSA) is 64.3 Å². The maximum atomic E-state index is 13.6. The molecule has 0 radical (unpaired) electrons. The van der Waals surface area contributed by atoms with Gasteiger partial charge in [0.1, 0.15) is 18.2 Å². The van der Waals surface area contributed by atoms with Crippen LogP contribution in [0.2, 0.25) is 0 Å². The van der Waals surface area contributed by atoms with Gasteiger partial charge >= 0.3 is 0 Å². The Balaban J connectivity index is 2.19. The third kappa shape index (κ3) is 4.73. The van der Waals surface area contributed by atoms with Crippen molar-refractivity contribution in [1.29, 1.82) is 0 Å². The SMILES string of the molecule is NC(=S)NC(=O)c1cc(Br)c(OCc2ccccc2F)c(Br)c1. The Morgan fingerprint density at radius 3 is 2.43 bits per heavy atom. The number of benzene rings is 2. The van der Waals surface area contributed by atoms with E-state index in [0.717, 1.165) is 0 Å². The van der Waals surface area contributed by atoms with Crippen molar-refractivity contribution in [3.63, 3.8) is 0 Å². The van der Waals surface area contributed by atoms with Gasteiger partial charge in [0.25, 0.3) is 5.91 Å². The number of rotatable bonds is 4. The summed E-state index contributed by atoms with van der Waals surface area (Å²) >= 11 is 11.3. The zero-order chi connectivity index (χ0) is 17.0. The summed E-state index contributed by atoms with van der Waals surface area (Å²) in [6, 6.07) is 9.48. The van der Waals surface area contributed by atoms with Gasteiger partial charge < -0.3 is 10.5 Å². The number of ether oxygens (including phenoxy) is 1. The van der Waals surface area contributed by atoms with Crippen molar-refractivity contribution in [3.05, 3.63) is 62.3 Å². The van der Waals surface area contributed by atoms with Gasteiger partial charge in [-0.15, -0.1) is 0 Å². The highest BCUT2D eigenvalue weighted by Crippen LogP contribution is 2.35. The second kappa shape index (κ2) is 7.85. The van der Waals surface area contributed by atoms with Crippen LogP contribution < -0.4 is 15.8 Å². The molecule has 0 heterocycles. The van der Waals surface area contributed by atoms with Crippen LogP contribution in [0.15, 0.2) is 45.3 Å². The summed E-state index contributed by atoms with van der Waals surface area (Å²) in [7, 11) is 0. The molecule has 120 valence electrons. The Bertz CT molecular complexity index is 748. The van der Waals surface area contributed by atoms with Crippen LogP contribution in [0.25, 0.3) is 0 Å². The molecule has 0 saturated carbocycles. The first-order valence-electron chi connectivity index (χ1n) is 6.34. The van der Waals surface area contributed by atoms with Crippen molar-refractivity contribution >= 4 is 55.1 Å². The number of nitrogens with one attached hydrogen (secondary N) is 1. The van der Waals surface area contributed by atoms with Crippen molar-refractivity contribution in [2.45, 2.75) is 6.61 Å². The predicted molar refractivity (Wildman–Crippen MR) is 96.8 cm³/mol. The van der Waals surface area contributed by atoms with E-state index in [2.05, 4.69) is 49.4 Å². The van der Waals surface area contributed by atoms with Gasteiger partial charge in [0, 0.05) is 11.1 Å². The summed E-state index contributed by atoms with van der Waals surface area (Å²) in [6.45, 7) is 0.0578. The quantitative estimate of drug-likeness (QED) is 0.677. The zero-order valence-electron chi connectivity index (χ0n) is 11.6. The first-order valence-corrected chi connectivity index (χ1v) is 8.34. The molecule has 4 nitrogen and oxygen atoms in total. The maximum absolute atomic E-state index is 13.6. The normalized spacial score (nSPS) is 10.2. The molecule has 0 unspecified atom stereocenters. The van der Waals surface area contributed by atoms with Crippen LogP contribution in [0.1, 0.15) is 15.9 Å². The maximum Gasteiger partial charge on any atom is 0.257 e. The van der Waals surface area contributed by atoms with Gasteiger partial charge in [0.05, 0.1) is 8.95 Å². The van der Waals surface area contributed by atoms with Gasteiger partial charge in [-0.25, -0.2) is 4.39 Å². The first-order chi connectivity index (χ1) is 10.9. The lowest BCUT2D eigenvalue weighted by Crippen LogP contribution is -2.34. The number of hydrogen-bond acceptors (Lipinski definition) is 3. The monoisotopic (exact) mass is 460 g/mol. The molecule has 0 spiro atoms. The minimum absolute atomic E-state index is 0.0578. The van der Waals surface area contributed by atoms with Crippen LogP contribution in [0.5, 0.6) is 5.75 Å². The van der Waals surface area contributed by atoms with Crippen LogP contribution in [0, 0.1) is 5.82 Å². The molecular weight excluding hydrogens is 451 g/mol. The van der Waals surface area contributed by atoms with E-state index in [9.17, 15) is 9.18 Å². The average Bonchev–Trinajstić information content (AvgIpc) is 2.47. The Morgan fingerprint density at radius 2 is 1.87 bits per heavy atom. The fourth-order valence-corrected chi connectivity index (χ4v) is 3.29. The zero-order valence-corrected chi connectivity index (χ0v) is 15.6. The third-order valence-corrected chi connectivity index (χ3v) is 4.11. The van der Waals surface area contributed by atoms with Gasteiger partial charge in [0.15, 0.2) is 5.11 Å².